The van der Waals surface area contributed by atoms with E-state index in [-0.39, 0.29) is 11.1 Å². The average Bonchev–Trinajstić information content (AvgIpc) is 3.77. The molecule has 1 N–H and O–H groups in total. The van der Waals surface area contributed by atoms with Gasteiger partial charge in [-0.2, -0.15) is 0 Å². The highest BCUT2D eigenvalue weighted by atomic mass is 16.7. The maximum Gasteiger partial charge on any atom is 0.341 e. The lowest BCUT2D eigenvalue weighted by Gasteiger charge is -2.66. The third kappa shape index (κ3) is 6.28. The van der Waals surface area contributed by atoms with Gasteiger partial charge in [-0.05, 0) is 32.9 Å². The van der Waals surface area contributed by atoms with Crippen LogP contribution in [0.1, 0.15) is 82.5 Å². The minimum absolute atomic E-state index is 0.0437. The maximum atomic E-state index is 14.0. The van der Waals surface area contributed by atoms with E-state index in [0.29, 0.717) is 0 Å². The Bertz CT molecular complexity index is 1660. The summed E-state index contributed by atoms with van der Waals surface area (Å²) in [5.41, 5.74) is -8.47. The quantitative estimate of drug-likeness (QED) is 0.276. The maximum absolute atomic E-state index is 14.0. The van der Waals surface area contributed by atoms with E-state index in [1.54, 1.807) is 27.7 Å². The number of fused-ring (bicyclic) bond motifs is 1. The summed E-state index contributed by atoms with van der Waals surface area (Å²) in [5.74, 6) is -7.29. The van der Waals surface area contributed by atoms with E-state index < -0.39 is 113 Å². The Morgan fingerprint density at radius 2 is 1.31 bits per heavy atom. The van der Waals surface area contributed by atoms with Crippen molar-refractivity contribution in [1.29, 1.82) is 0 Å². The van der Waals surface area contributed by atoms with E-state index in [0.717, 1.165) is 33.3 Å². The molecule has 3 heterocycles. The number of carbonyl (C=O) groups is 6. The summed E-state index contributed by atoms with van der Waals surface area (Å²) >= 11 is 0. The van der Waals surface area contributed by atoms with Gasteiger partial charge in [0.05, 0.1) is 46.7 Å². The first-order valence-electron chi connectivity index (χ1n) is 16.4. The predicted octanol–water partition coefficient (Wildman–Crippen LogP) is 2.94. The minimum atomic E-state index is -2.35. The first-order valence-corrected chi connectivity index (χ1v) is 16.4. The molecule has 0 amide bonds. The topological polar surface area (TPSA) is 214 Å². The molecule has 2 saturated carbocycles. The molecule has 278 valence electrons. The van der Waals surface area contributed by atoms with Crippen LogP contribution in [0, 0.1) is 17.3 Å². The number of ether oxygens (including phenoxy) is 7. The van der Waals surface area contributed by atoms with Crippen molar-refractivity contribution in [2.75, 3.05) is 6.61 Å². The van der Waals surface area contributed by atoms with Crippen LogP contribution in [-0.4, -0.2) is 94.9 Å². The summed E-state index contributed by atoms with van der Waals surface area (Å²) in [5, 5.41) is 12.7. The van der Waals surface area contributed by atoms with Gasteiger partial charge in [-0.1, -0.05) is 13.8 Å². The third-order valence-corrected chi connectivity index (χ3v) is 9.87. The highest BCUT2D eigenvalue weighted by molar-refractivity contribution is 5.90. The lowest BCUT2D eigenvalue weighted by molar-refractivity contribution is -0.363. The summed E-state index contributed by atoms with van der Waals surface area (Å²) in [4.78, 5) is 79.6. The number of furan rings is 2. The number of aliphatic hydroxyl groups is 1. The lowest BCUT2D eigenvalue weighted by atomic mass is 9.45. The fourth-order valence-electron chi connectivity index (χ4n) is 8.14. The number of esters is 6. The van der Waals surface area contributed by atoms with Gasteiger partial charge in [-0.15, -0.1) is 0 Å². The van der Waals surface area contributed by atoms with Crippen LogP contribution in [0.5, 0.6) is 0 Å². The molecule has 0 aromatic carbocycles. The summed E-state index contributed by atoms with van der Waals surface area (Å²) in [6.45, 7) is 10.0. The molecule has 0 radical (unpaired) electrons. The van der Waals surface area contributed by atoms with Crippen LogP contribution in [0.2, 0.25) is 0 Å². The zero-order chi connectivity index (χ0) is 37.7. The molecule has 1 aliphatic heterocycles. The standard InChI is InChI=1S/C35H42O16/c1-17(2)29(39)45-16-34-26(47-19(4)37)23(46-18(3)36)13-33(8,42)35(34)27(48-20(5)38)24(32(6,7)51-35)25(49-30(40)21-9-11-43-14-21)28(34)50-31(41)22-10-12-44-15-22/h9-12,14-15,17,23-28,42H,13,16H2,1-8H3/t23-,24+,25+,26-,27+,28-,33-,34-,35-/m0/s1. The van der Waals surface area contributed by atoms with Crippen molar-refractivity contribution >= 4 is 35.8 Å². The Labute approximate surface area is 292 Å². The molecule has 2 bridgehead atoms. The zero-order valence-electron chi connectivity index (χ0n) is 29.5. The van der Waals surface area contributed by atoms with Gasteiger partial charge in [0.2, 0.25) is 0 Å². The molecule has 1 saturated heterocycles. The normalized spacial score (nSPS) is 33.4. The van der Waals surface area contributed by atoms with Gasteiger partial charge in [0, 0.05) is 27.2 Å². The van der Waals surface area contributed by atoms with E-state index in [1.807, 2.05) is 0 Å². The van der Waals surface area contributed by atoms with Crippen LogP contribution in [0.3, 0.4) is 0 Å². The molecular weight excluding hydrogens is 676 g/mol. The van der Waals surface area contributed by atoms with E-state index in [2.05, 4.69) is 0 Å². The Hall–Kier alpha value is -4.70. The molecule has 9 atom stereocenters. The SMILES string of the molecule is CC(=O)O[C@H]1C[C@](C)(O)[C@]23OC(C)(C)[C@H]([C@@H](OC(=O)c4ccoc4)[C@H](OC(=O)c4ccoc4)[C@]2(COC(=O)C(C)C)[C@H]1OC(C)=O)[C@H]3OC(C)=O. The molecule has 3 aliphatic rings. The number of carbonyl (C=O) groups excluding carboxylic acids is 6. The molecule has 16 heteroatoms. The molecule has 51 heavy (non-hydrogen) atoms. The monoisotopic (exact) mass is 718 g/mol. The van der Waals surface area contributed by atoms with Gasteiger partial charge in [0.1, 0.15) is 42.9 Å². The van der Waals surface area contributed by atoms with Crippen LogP contribution in [0.4, 0.5) is 0 Å². The van der Waals surface area contributed by atoms with Crippen LogP contribution in [0.25, 0.3) is 0 Å². The second kappa shape index (κ2) is 13.5. The largest absolute Gasteiger partial charge is 0.472 e. The Morgan fingerprint density at radius 1 is 0.784 bits per heavy atom. The molecule has 5 rings (SSSR count). The Balaban J connectivity index is 1.91. The number of hydrogen-bond acceptors (Lipinski definition) is 16. The van der Waals surface area contributed by atoms with Crippen molar-refractivity contribution in [3.8, 4) is 0 Å². The molecule has 3 fully saturated rings. The first kappa shape index (κ1) is 37.6. The fourth-order valence-corrected chi connectivity index (χ4v) is 8.14. The van der Waals surface area contributed by atoms with Gasteiger partial charge in [0.15, 0.2) is 17.8 Å². The third-order valence-electron chi connectivity index (χ3n) is 9.87. The summed E-state index contributed by atoms with van der Waals surface area (Å²) < 4.78 is 53.0. The van der Waals surface area contributed by atoms with Gasteiger partial charge in [-0.25, -0.2) is 9.59 Å². The molecule has 2 aliphatic carbocycles. The van der Waals surface area contributed by atoms with Crippen molar-refractivity contribution in [3.05, 3.63) is 48.3 Å². The number of hydrogen-bond donors (Lipinski definition) is 1. The molecule has 16 nitrogen and oxygen atoms in total. The predicted molar refractivity (Wildman–Crippen MR) is 167 cm³/mol. The van der Waals surface area contributed by atoms with Crippen LogP contribution in [-0.2, 0) is 52.3 Å². The summed E-state index contributed by atoms with van der Waals surface area (Å²) in [6.07, 6.45) is -4.13. The van der Waals surface area contributed by atoms with Crippen molar-refractivity contribution in [3.63, 3.8) is 0 Å². The highest BCUT2D eigenvalue weighted by Crippen LogP contribution is 2.69. The number of rotatable bonds is 10. The van der Waals surface area contributed by atoms with Crippen molar-refractivity contribution in [2.45, 2.75) is 109 Å². The second-order valence-electron chi connectivity index (χ2n) is 14.2. The van der Waals surface area contributed by atoms with Gasteiger partial charge in [-0.3, -0.25) is 19.2 Å². The average molecular weight is 719 g/mol. The van der Waals surface area contributed by atoms with E-state index in [4.69, 9.17) is 42.0 Å². The first-order chi connectivity index (χ1) is 23.8. The minimum Gasteiger partial charge on any atom is -0.472 e. The van der Waals surface area contributed by atoms with E-state index >= 15 is 0 Å². The summed E-state index contributed by atoms with van der Waals surface area (Å²) in [7, 11) is 0. The lowest BCUT2D eigenvalue weighted by Crippen LogP contribution is -2.85. The molecule has 1 spiro atoms. The zero-order valence-corrected chi connectivity index (χ0v) is 29.5. The molecular formula is C35H42O16. The van der Waals surface area contributed by atoms with Gasteiger partial charge >= 0.3 is 35.8 Å². The van der Waals surface area contributed by atoms with Crippen molar-refractivity contribution in [2.24, 2.45) is 17.3 Å². The van der Waals surface area contributed by atoms with Crippen LogP contribution in [0.15, 0.2) is 46.0 Å². The molecule has 2 aromatic rings. The van der Waals surface area contributed by atoms with E-state index in [9.17, 15) is 33.9 Å². The van der Waals surface area contributed by atoms with Gasteiger partial charge < -0.3 is 47.1 Å². The van der Waals surface area contributed by atoms with E-state index in [1.165, 1.54) is 31.6 Å². The molecule has 0 unspecified atom stereocenters. The fraction of sp³-hybridized carbons (Fsp3) is 0.600. The highest BCUT2D eigenvalue weighted by Gasteiger charge is 2.89. The van der Waals surface area contributed by atoms with Crippen molar-refractivity contribution < 1.29 is 75.9 Å². The van der Waals surface area contributed by atoms with Crippen molar-refractivity contribution in [1.82, 2.24) is 0 Å². The second-order valence-corrected chi connectivity index (χ2v) is 14.2. The molecule has 2 aromatic heterocycles. The van der Waals surface area contributed by atoms with Gasteiger partial charge in [0.25, 0.3) is 0 Å². The smallest absolute Gasteiger partial charge is 0.341 e. The Kier molecular flexibility index (Phi) is 9.90. The van der Waals surface area contributed by atoms with Crippen LogP contribution < -0.4 is 0 Å². The Morgan fingerprint density at radius 3 is 1.80 bits per heavy atom. The summed E-state index contributed by atoms with van der Waals surface area (Å²) in [6, 6.07) is 2.63. The van der Waals surface area contributed by atoms with Crippen LogP contribution >= 0.6 is 0 Å².